The van der Waals surface area contributed by atoms with E-state index >= 15 is 0 Å². The molecule has 0 aliphatic rings. The van der Waals surface area contributed by atoms with Crippen molar-refractivity contribution in [3.63, 3.8) is 0 Å². The molecule has 1 amide bonds. The summed E-state index contributed by atoms with van der Waals surface area (Å²) in [5, 5.41) is 13.2. The molecule has 0 saturated heterocycles. The summed E-state index contributed by atoms with van der Waals surface area (Å²) in [6.45, 7) is 3.82. The zero-order chi connectivity index (χ0) is 22.0. The van der Waals surface area contributed by atoms with E-state index in [-0.39, 0.29) is 17.7 Å². The van der Waals surface area contributed by atoms with Crippen molar-refractivity contribution in [3.8, 4) is 11.4 Å². The molecule has 0 aliphatic carbocycles. The summed E-state index contributed by atoms with van der Waals surface area (Å²) in [5.41, 5.74) is 2.50. The molecular formula is C22H21ClN4O3S. The molecule has 2 heterocycles. The fraction of sp³-hybridized carbons (Fsp3) is 0.227. The molecule has 1 unspecified atom stereocenters. The SMILES string of the molecule is COc1cccc2cc(C(C)NC(=O)CSc3nncn3-c3ccc(C)c(Cl)c3)oc12. The van der Waals surface area contributed by atoms with Gasteiger partial charge in [0, 0.05) is 10.4 Å². The average molecular weight is 457 g/mol. The van der Waals surface area contributed by atoms with Crippen LogP contribution < -0.4 is 10.1 Å². The molecule has 31 heavy (non-hydrogen) atoms. The molecule has 4 aromatic rings. The minimum atomic E-state index is -0.293. The van der Waals surface area contributed by atoms with E-state index in [1.807, 2.05) is 56.3 Å². The highest BCUT2D eigenvalue weighted by molar-refractivity contribution is 7.99. The predicted octanol–water partition coefficient (Wildman–Crippen LogP) is 4.95. The first kappa shape index (κ1) is 21.3. The molecule has 1 atom stereocenters. The van der Waals surface area contributed by atoms with E-state index < -0.39 is 0 Å². The molecule has 0 spiro atoms. The summed E-state index contributed by atoms with van der Waals surface area (Å²) >= 11 is 7.53. The van der Waals surface area contributed by atoms with E-state index in [4.69, 9.17) is 20.8 Å². The highest BCUT2D eigenvalue weighted by atomic mass is 35.5. The monoisotopic (exact) mass is 456 g/mol. The Morgan fingerprint density at radius 3 is 2.94 bits per heavy atom. The smallest absolute Gasteiger partial charge is 0.231 e. The molecule has 1 N–H and O–H groups in total. The first-order valence-corrected chi connectivity index (χ1v) is 11.0. The topological polar surface area (TPSA) is 82.2 Å². The van der Waals surface area contributed by atoms with Gasteiger partial charge in [-0.05, 0) is 43.7 Å². The number of nitrogens with zero attached hydrogens (tertiary/aromatic N) is 3. The maximum absolute atomic E-state index is 12.5. The van der Waals surface area contributed by atoms with Crippen molar-refractivity contribution < 1.29 is 13.9 Å². The summed E-state index contributed by atoms with van der Waals surface area (Å²) in [4.78, 5) is 12.5. The van der Waals surface area contributed by atoms with Crippen LogP contribution in [0.4, 0.5) is 0 Å². The molecular weight excluding hydrogens is 436 g/mol. The van der Waals surface area contributed by atoms with Crippen molar-refractivity contribution in [1.29, 1.82) is 0 Å². The van der Waals surface area contributed by atoms with E-state index in [0.29, 0.717) is 27.3 Å². The second-order valence-electron chi connectivity index (χ2n) is 7.02. The Morgan fingerprint density at radius 2 is 2.16 bits per heavy atom. The Bertz CT molecular complexity index is 1240. The van der Waals surface area contributed by atoms with Crippen molar-refractivity contribution in [2.24, 2.45) is 0 Å². The number of amides is 1. The van der Waals surface area contributed by atoms with E-state index in [2.05, 4.69) is 15.5 Å². The molecule has 160 valence electrons. The van der Waals surface area contributed by atoms with Gasteiger partial charge < -0.3 is 14.5 Å². The number of hydrogen-bond acceptors (Lipinski definition) is 6. The molecule has 9 heteroatoms. The number of hydrogen-bond donors (Lipinski definition) is 1. The van der Waals surface area contributed by atoms with Gasteiger partial charge in [0.15, 0.2) is 16.5 Å². The normalized spacial score (nSPS) is 12.1. The van der Waals surface area contributed by atoms with Gasteiger partial charge in [0.1, 0.15) is 12.1 Å². The summed E-state index contributed by atoms with van der Waals surface area (Å²) in [5.74, 6) is 1.37. The highest BCUT2D eigenvalue weighted by Crippen LogP contribution is 2.31. The maximum Gasteiger partial charge on any atom is 0.231 e. The molecule has 2 aromatic carbocycles. The predicted molar refractivity (Wildman–Crippen MR) is 121 cm³/mol. The van der Waals surface area contributed by atoms with Gasteiger partial charge in [-0.1, -0.05) is 41.6 Å². The van der Waals surface area contributed by atoms with Crippen LogP contribution in [0.2, 0.25) is 5.02 Å². The Kier molecular flexibility index (Phi) is 6.20. The number of aromatic nitrogens is 3. The van der Waals surface area contributed by atoms with Crippen LogP contribution in [0.5, 0.6) is 5.75 Å². The fourth-order valence-electron chi connectivity index (χ4n) is 3.15. The Balaban J connectivity index is 1.41. The van der Waals surface area contributed by atoms with Crippen LogP contribution in [0.15, 0.2) is 58.4 Å². The van der Waals surface area contributed by atoms with Gasteiger partial charge in [0.05, 0.1) is 24.6 Å². The Labute approximate surface area is 188 Å². The number of carbonyl (C=O) groups excluding carboxylic acids is 1. The number of rotatable bonds is 7. The number of nitrogens with one attached hydrogen (secondary N) is 1. The van der Waals surface area contributed by atoms with Gasteiger partial charge in [-0.2, -0.15) is 0 Å². The molecule has 2 aromatic heterocycles. The third-order valence-electron chi connectivity index (χ3n) is 4.83. The number of benzene rings is 2. The second kappa shape index (κ2) is 9.03. The van der Waals surface area contributed by atoms with Crippen molar-refractivity contribution >= 4 is 40.2 Å². The molecule has 0 aliphatic heterocycles. The molecule has 0 fully saturated rings. The molecule has 0 bridgehead atoms. The zero-order valence-corrected chi connectivity index (χ0v) is 18.8. The van der Waals surface area contributed by atoms with Crippen LogP contribution in [-0.2, 0) is 4.79 Å². The lowest BCUT2D eigenvalue weighted by molar-refractivity contribution is -0.119. The molecule has 0 radical (unpaired) electrons. The van der Waals surface area contributed by atoms with E-state index in [0.717, 1.165) is 16.6 Å². The van der Waals surface area contributed by atoms with Gasteiger partial charge in [-0.15, -0.1) is 10.2 Å². The Hall–Kier alpha value is -2.97. The molecule has 4 rings (SSSR count). The fourth-order valence-corrected chi connectivity index (χ4v) is 4.06. The van der Waals surface area contributed by atoms with E-state index in [9.17, 15) is 4.79 Å². The van der Waals surface area contributed by atoms with Crippen LogP contribution in [0.1, 0.15) is 24.3 Å². The van der Waals surface area contributed by atoms with Gasteiger partial charge in [0.25, 0.3) is 0 Å². The number of ether oxygens (including phenoxy) is 1. The summed E-state index contributed by atoms with van der Waals surface area (Å²) < 4.78 is 13.1. The average Bonchev–Trinajstić information content (AvgIpc) is 3.41. The number of fused-ring (bicyclic) bond motifs is 1. The van der Waals surface area contributed by atoms with Crippen molar-refractivity contribution in [2.75, 3.05) is 12.9 Å². The summed E-state index contributed by atoms with van der Waals surface area (Å²) in [6.07, 6.45) is 1.60. The van der Waals surface area contributed by atoms with Crippen LogP contribution in [0.25, 0.3) is 16.7 Å². The quantitative estimate of drug-likeness (QED) is 0.396. The zero-order valence-electron chi connectivity index (χ0n) is 17.3. The summed E-state index contributed by atoms with van der Waals surface area (Å²) in [7, 11) is 1.60. The van der Waals surface area contributed by atoms with Gasteiger partial charge in [-0.3, -0.25) is 9.36 Å². The number of para-hydroxylation sites is 1. The van der Waals surface area contributed by atoms with Gasteiger partial charge in [-0.25, -0.2) is 0 Å². The number of halogens is 1. The first-order valence-electron chi connectivity index (χ1n) is 9.61. The number of methoxy groups -OCH3 is 1. The number of thioether (sulfide) groups is 1. The number of aryl methyl sites for hydroxylation is 1. The lowest BCUT2D eigenvalue weighted by Gasteiger charge is -2.11. The van der Waals surface area contributed by atoms with Crippen LogP contribution >= 0.6 is 23.4 Å². The Morgan fingerprint density at radius 1 is 1.32 bits per heavy atom. The molecule has 7 nitrogen and oxygen atoms in total. The van der Waals surface area contributed by atoms with Crippen molar-refractivity contribution in [1.82, 2.24) is 20.1 Å². The third-order valence-corrected chi connectivity index (χ3v) is 6.18. The largest absolute Gasteiger partial charge is 0.493 e. The lowest BCUT2D eigenvalue weighted by Crippen LogP contribution is -2.28. The van der Waals surface area contributed by atoms with Crippen LogP contribution in [0.3, 0.4) is 0 Å². The first-order chi connectivity index (χ1) is 15.0. The van der Waals surface area contributed by atoms with Crippen molar-refractivity contribution in [2.45, 2.75) is 25.0 Å². The van der Waals surface area contributed by atoms with Gasteiger partial charge >= 0.3 is 0 Å². The van der Waals surface area contributed by atoms with E-state index in [1.165, 1.54) is 11.8 Å². The number of furan rings is 1. The van der Waals surface area contributed by atoms with Crippen LogP contribution in [0, 0.1) is 6.92 Å². The second-order valence-corrected chi connectivity index (χ2v) is 8.37. The summed E-state index contributed by atoms with van der Waals surface area (Å²) in [6, 6.07) is 13.0. The molecule has 0 saturated carbocycles. The minimum Gasteiger partial charge on any atom is -0.493 e. The number of carbonyl (C=O) groups is 1. The maximum atomic E-state index is 12.5. The third kappa shape index (κ3) is 4.55. The van der Waals surface area contributed by atoms with Crippen molar-refractivity contribution in [3.05, 3.63) is 65.1 Å². The van der Waals surface area contributed by atoms with Gasteiger partial charge in [0.2, 0.25) is 5.91 Å². The van der Waals surface area contributed by atoms with Crippen LogP contribution in [-0.4, -0.2) is 33.5 Å². The van der Waals surface area contributed by atoms with E-state index in [1.54, 1.807) is 18.0 Å². The lowest BCUT2D eigenvalue weighted by atomic mass is 10.2. The minimum absolute atomic E-state index is 0.138. The highest BCUT2D eigenvalue weighted by Gasteiger charge is 2.17. The standard InChI is InChI=1S/C22H21ClN4O3S/c1-13-7-8-16(10-17(13)23)27-12-24-26-22(27)31-11-20(28)25-14(2)19-9-15-5-4-6-18(29-3)21(15)30-19/h4-10,12,14H,11H2,1-3H3,(H,25,28).